The van der Waals surface area contributed by atoms with Gasteiger partial charge in [-0.3, -0.25) is 9.59 Å². The van der Waals surface area contributed by atoms with Gasteiger partial charge in [0.05, 0.1) is 11.3 Å². The van der Waals surface area contributed by atoms with Gasteiger partial charge in [0.2, 0.25) is 5.91 Å². The molecule has 2 amide bonds. The lowest BCUT2D eigenvalue weighted by molar-refractivity contribution is -0.123. The zero-order valence-corrected chi connectivity index (χ0v) is 20.7. The standard InChI is InChI=1S/C26H31ClN6O2/c1-32-9-3-6-22(17-32)30-24(34)13-18-7-10-33(11-8-18)25-23(12-19(15-28)16-29-25)31-26(35)20-4-2-5-21(27)14-20/h2,4-5,12,14,16,18,22H,3,6-11,13,17H2,1H3,(H,30,34)(H,31,35). The molecule has 0 saturated carbocycles. The molecule has 1 aromatic carbocycles. The molecule has 1 unspecified atom stereocenters. The number of carbonyl (C=O) groups is 2. The van der Waals surface area contributed by atoms with Crippen LogP contribution in [0.5, 0.6) is 0 Å². The van der Waals surface area contributed by atoms with Gasteiger partial charge in [-0.25, -0.2) is 4.98 Å². The molecule has 3 heterocycles. The molecule has 0 aliphatic carbocycles. The molecule has 2 aliphatic rings. The molecule has 2 N–H and O–H groups in total. The SMILES string of the molecule is CN1CCCC(NC(=O)CC2CCN(c3ncc(C#N)cc3NC(=O)c3cccc(Cl)c3)CC2)C1. The fourth-order valence-corrected chi connectivity index (χ4v) is 5.06. The third-order valence-electron chi connectivity index (χ3n) is 6.71. The van der Waals surface area contributed by atoms with Gasteiger partial charge in [-0.2, -0.15) is 5.26 Å². The van der Waals surface area contributed by atoms with Crippen molar-refractivity contribution in [1.82, 2.24) is 15.2 Å². The van der Waals surface area contributed by atoms with Gasteiger partial charge < -0.3 is 20.4 Å². The van der Waals surface area contributed by atoms with E-state index in [4.69, 9.17) is 11.6 Å². The maximum atomic E-state index is 12.8. The number of benzene rings is 1. The molecule has 2 aliphatic heterocycles. The van der Waals surface area contributed by atoms with E-state index in [0.29, 0.717) is 40.0 Å². The van der Waals surface area contributed by atoms with E-state index in [1.54, 1.807) is 30.3 Å². The molecule has 1 atom stereocenters. The molecule has 9 heteroatoms. The van der Waals surface area contributed by atoms with Crippen molar-refractivity contribution in [2.24, 2.45) is 5.92 Å². The Balaban J connectivity index is 1.37. The summed E-state index contributed by atoms with van der Waals surface area (Å²) < 4.78 is 0. The highest BCUT2D eigenvalue weighted by Crippen LogP contribution is 2.30. The molecule has 2 saturated heterocycles. The molecular formula is C26H31ClN6O2. The Morgan fingerprint density at radius 1 is 1.20 bits per heavy atom. The van der Waals surface area contributed by atoms with Crippen LogP contribution in [0.25, 0.3) is 0 Å². The summed E-state index contributed by atoms with van der Waals surface area (Å²) in [5.41, 5.74) is 1.29. The molecule has 0 spiro atoms. The van der Waals surface area contributed by atoms with Gasteiger partial charge >= 0.3 is 0 Å². The molecule has 8 nitrogen and oxygen atoms in total. The first-order valence-corrected chi connectivity index (χ1v) is 12.5. The van der Waals surface area contributed by atoms with Crippen LogP contribution in [0.2, 0.25) is 5.02 Å². The predicted molar refractivity (Wildman–Crippen MR) is 137 cm³/mol. The van der Waals surface area contributed by atoms with Gasteiger partial charge in [0.25, 0.3) is 5.91 Å². The first-order chi connectivity index (χ1) is 16.9. The van der Waals surface area contributed by atoms with Crippen LogP contribution in [-0.2, 0) is 4.79 Å². The highest BCUT2D eigenvalue weighted by molar-refractivity contribution is 6.31. The monoisotopic (exact) mass is 494 g/mol. The Labute approximate surface area is 211 Å². The predicted octanol–water partition coefficient (Wildman–Crippen LogP) is 3.68. The van der Waals surface area contributed by atoms with Gasteiger partial charge in [0, 0.05) is 48.9 Å². The van der Waals surface area contributed by atoms with Crippen molar-refractivity contribution in [3.63, 3.8) is 0 Å². The average molecular weight is 495 g/mol. The van der Waals surface area contributed by atoms with Gasteiger partial charge in [0.15, 0.2) is 5.82 Å². The Bertz CT molecular complexity index is 1110. The van der Waals surface area contributed by atoms with E-state index in [9.17, 15) is 14.9 Å². The fourth-order valence-electron chi connectivity index (χ4n) is 4.87. The minimum atomic E-state index is -0.314. The van der Waals surface area contributed by atoms with Crippen LogP contribution in [0.1, 0.15) is 48.0 Å². The second kappa shape index (κ2) is 11.5. The number of carbonyl (C=O) groups excluding carboxylic acids is 2. The number of hydrogen-bond donors (Lipinski definition) is 2. The number of piperidine rings is 2. The summed E-state index contributed by atoms with van der Waals surface area (Å²) in [5, 5.41) is 15.9. The van der Waals surface area contributed by atoms with Gasteiger partial charge in [-0.1, -0.05) is 17.7 Å². The topological polar surface area (TPSA) is 101 Å². The zero-order chi connectivity index (χ0) is 24.8. The highest BCUT2D eigenvalue weighted by atomic mass is 35.5. The summed E-state index contributed by atoms with van der Waals surface area (Å²) in [7, 11) is 2.09. The number of pyridine rings is 1. The maximum Gasteiger partial charge on any atom is 0.255 e. The number of halogens is 1. The fraction of sp³-hybridized carbons (Fsp3) is 0.462. The molecular weight excluding hydrogens is 464 g/mol. The van der Waals surface area contributed by atoms with E-state index in [2.05, 4.69) is 38.5 Å². The van der Waals surface area contributed by atoms with Crippen molar-refractivity contribution in [2.45, 2.75) is 38.1 Å². The number of anilines is 2. The summed E-state index contributed by atoms with van der Waals surface area (Å²) in [6.07, 6.45) is 5.94. The van der Waals surface area contributed by atoms with Crippen molar-refractivity contribution in [3.05, 3.63) is 52.7 Å². The highest BCUT2D eigenvalue weighted by Gasteiger charge is 2.26. The Hall–Kier alpha value is -3.15. The molecule has 4 rings (SSSR count). The number of hydrogen-bond acceptors (Lipinski definition) is 6. The van der Waals surface area contributed by atoms with Crippen LogP contribution >= 0.6 is 11.6 Å². The Kier molecular flexibility index (Phi) is 8.21. The lowest BCUT2D eigenvalue weighted by atomic mass is 9.92. The van der Waals surface area contributed by atoms with Crippen molar-refractivity contribution in [1.29, 1.82) is 5.26 Å². The number of rotatable bonds is 6. The van der Waals surface area contributed by atoms with E-state index in [1.165, 1.54) is 6.20 Å². The lowest BCUT2D eigenvalue weighted by Crippen LogP contribution is -2.47. The molecule has 1 aromatic heterocycles. The van der Waals surface area contributed by atoms with Crippen molar-refractivity contribution in [3.8, 4) is 6.07 Å². The quantitative estimate of drug-likeness (QED) is 0.635. The number of likely N-dealkylation sites (N-methyl/N-ethyl adjacent to an activating group) is 1. The largest absolute Gasteiger partial charge is 0.355 e. The van der Waals surface area contributed by atoms with Crippen LogP contribution < -0.4 is 15.5 Å². The van der Waals surface area contributed by atoms with E-state index >= 15 is 0 Å². The third kappa shape index (κ3) is 6.71. The second-order valence-corrected chi connectivity index (χ2v) is 9.91. The summed E-state index contributed by atoms with van der Waals surface area (Å²) in [4.78, 5) is 34.3. The van der Waals surface area contributed by atoms with Crippen LogP contribution in [0.15, 0.2) is 36.5 Å². The summed E-state index contributed by atoms with van der Waals surface area (Å²) >= 11 is 6.03. The number of amides is 2. The van der Waals surface area contributed by atoms with Crippen LogP contribution in [-0.4, -0.2) is 61.0 Å². The first kappa shape index (κ1) is 25.0. The molecule has 2 aromatic rings. The molecule has 0 bridgehead atoms. The molecule has 2 fully saturated rings. The van der Waals surface area contributed by atoms with Crippen LogP contribution in [0, 0.1) is 17.2 Å². The van der Waals surface area contributed by atoms with Crippen LogP contribution in [0.4, 0.5) is 11.5 Å². The van der Waals surface area contributed by atoms with Crippen molar-refractivity contribution in [2.75, 3.05) is 43.4 Å². The Morgan fingerprint density at radius 3 is 2.71 bits per heavy atom. The number of nitrogens with zero attached hydrogens (tertiary/aromatic N) is 4. The van der Waals surface area contributed by atoms with Gasteiger partial charge in [-0.15, -0.1) is 0 Å². The van der Waals surface area contributed by atoms with Crippen molar-refractivity contribution >= 4 is 34.9 Å². The third-order valence-corrected chi connectivity index (χ3v) is 6.94. The summed E-state index contributed by atoms with van der Waals surface area (Å²) in [5.74, 6) is 0.767. The average Bonchev–Trinajstić information content (AvgIpc) is 2.84. The molecule has 35 heavy (non-hydrogen) atoms. The van der Waals surface area contributed by atoms with Crippen LogP contribution in [0.3, 0.4) is 0 Å². The molecule has 184 valence electrons. The first-order valence-electron chi connectivity index (χ1n) is 12.1. The Morgan fingerprint density at radius 2 is 2.00 bits per heavy atom. The summed E-state index contributed by atoms with van der Waals surface area (Å²) in [6.45, 7) is 3.46. The molecule has 0 radical (unpaired) electrons. The van der Waals surface area contributed by atoms with Gasteiger partial charge in [-0.05, 0) is 69.5 Å². The smallest absolute Gasteiger partial charge is 0.255 e. The number of likely N-dealkylation sites (tertiary alicyclic amines) is 1. The zero-order valence-electron chi connectivity index (χ0n) is 20.0. The van der Waals surface area contributed by atoms with E-state index in [1.807, 2.05) is 0 Å². The minimum absolute atomic E-state index is 0.134. The van der Waals surface area contributed by atoms with E-state index in [-0.39, 0.29) is 17.9 Å². The lowest BCUT2D eigenvalue weighted by Gasteiger charge is -2.34. The number of nitrogens with one attached hydrogen (secondary N) is 2. The normalized spacial score (nSPS) is 19.1. The van der Waals surface area contributed by atoms with Crippen molar-refractivity contribution < 1.29 is 9.59 Å². The van der Waals surface area contributed by atoms with E-state index in [0.717, 1.165) is 51.9 Å². The van der Waals surface area contributed by atoms with Gasteiger partial charge in [0.1, 0.15) is 6.07 Å². The summed E-state index contributed by atoms with van der Waals surface area (Å²) in [6, 6.07) is 10.7. The minimum Gasteiger partial charge on any atom is -0.355 e. The number of nitriles is 1. The maximum absolute atomic E-state index is 12.8. The van der Waals surface area contributed by atoms with E-state index < -0.39 is 0 Å². The second-order valence-electron chi connectivity index (χ2n) is 9.47. The number of aromatic nitrogens is 1.